The Labute approximate surface area is 187 Å². The van der Waals surface area contributed by atoms with Gasteiger partial charge in [-0.2, -0.15) is 0 Å². The summed E-state index contributed by atoms with van der Waals surface area (Å²) >= 11 is 1.70. The van der Waals surface area contributed by atoms with Crippen LogP contribution in [0.2, 0.25) is 0 Å². The van der Waals surface area contributed by atoms with Crippen LogP contribution >= 0.6 is 11.3 Å². The lowest BCUT2D eigenvalue weighted by atomic mass is 9.87. The maximum atomic E-state index is 12.6. The van der Waals surface area contributed by atoms with Crippen molar-refractivity contribution in [2.75, 3.05) is 5.32 Å². The first kappa shape index (κ1) is 21.0. The largest absolute Gasteiger partial charge is 0.322 e. The predicted octanol–water partition coefficient (Wildman–Crippen LogP) is 7.34. The van der Waals surface area contributed by atoms with E-state index in [-0.39, 0.29) is 11.3 Å². The Balaban J connectivity index is 1.49. The van der Waals surface area contributed by atoms with Crippen molar-refractivity contribution in [1.29, 1.82) is 0 Å². The van der Waals surface area contributed by atoms with Crippen molar-refractivity contribution in [3.8, 4) is 21.8 Å². The maximum Gasteiger partial charge on any atom is 0.255 e. The molecule has 0 saturated carbocycles. The molecule has 156 valence electrons. The van der Waals surface area contributed by atoms with Crippen LogP contribution in [0.3, 0.4) is 0 Å². The van der Waals surface area contributed by atoms with E-state index in [4.69, 9.17) is 4.98 Å². The molecule has 1 aromatic heterocycles. The van der Waals surface area contributed by atoms with Gasteiger partial charge in [-0.05, 0) is 42.2 Å². The standard InChI is InChI=1S/C27H26N2OS/c1-18-24(29-26(31-18)21-8-6-5-7-9-21)19-12-16-23(17-13-19)28-25(30)20-10-14-22(15-11-20)27(2,3)4/h5-17H,1-4H3,(H,28,30). The van der Waals surface area contributed by atoms with Gasteiger partial charge in [-0.25, -0.2) is 4.98 Å². The molecule has 4 heteroatoms. The summed E-state index contributed by atoms with van der Waals surface area (Å²) in [5, 5.41) is 4.00. The highest BCUT2D eigenvalue weighted by Crippen LogP contribution is 2.33. The molecule has 31 heavy (non-hydrogen) atoms. The van der Waals surface area contributed by atoms with Gasteiger partial charge in [-0.3, -0.25) is 4.79 Å². The van der Waals surface area contributed by atoms with Gasteiger partial charge in [0, 0.05) is 27.3 Å². The molecule has 0 spiro atoms. The Kier molecular flexibility index (Phi) is 5.75. The number of rotatable bonds is 4. The predicted molar refractivity (Wildman–Crippen MR) is 131 cm³/mol. The van der Waals surface area contributed by atoms with Gasteiger partial charge < -0.3 is 5.32 Å². The number of thiazole rings is 1. The van der Waals surface area contributed by atoms with Gasteiger partial charge in [-0.1, -0.05) is 75.4 Å². The molecule has 0 aliphatic heterocycles. The second kappa shape index (κ2) is 8.48. The molecule has 0 bridgehead atoms. The van der Waals surface area contributed by atoms with Crippen LogP contribution in [-0.4, -0.2) is 10.9 Å². The van der Waals surface area contributed by atoms with Crippen LogP contribution in [0.1, 0.15) is 41.6 Å². The minimum Gasteiger partial charge on any atom is -0.322 e. The number of aromatic nitrogens is 1. The van der Waals surface area contributed by atoms with Crippen molar-refractivity contribution >= 4 is 22.9 Å². The van der Waals surface area contributed by atoms with Crippen molar-refractivity contribution in [1.82, 2.24) is 4.98 Å². The van der Waals surface area contributed by atoms with Gasteiger partial charge in [0.1, 0.15) is 5.01 Å². The van der Waals surface area contributed by atoms with E-state index in [9.17, 15) is 4.79 Å². The fourth-order valence-corrected chi connectivity index (χ4v) is 4.35. The Bertz CT molecular complexity index is 1180. The molecule has 1 N–H and O–H groups in total. The molecule has 0 aliphatic rings. The SMILES string of the molecule is Cc1sc(-c2ccccc2)nc1-c1ccc(NC(=O)c2ccc(C(C)(C)C)cc2)cc1. The molecule has 0 saturated heterocycles. The molecular formula is C27H26N2OS. The third-order valence-corrected chi connectivity index (χ3v) is 6.27. The van der Waals surface area contributed by atoms with Gasteiger partial charge in [0.25, 0.3) is 5.91 Å². The Morgan fingerprint density at radius 2 is 1.48 bits per heavy atom. The fourth-order valence-electron chi connectivity index (χ4n) is 3.40. The molecule has 0 aliphatic carbocycles. The van der Waals surface area contributed by atoms with Crippen LogP contribution in [-0.2, 0) is 5.41 Å². The van der Waals surface area contributed by atoms with Crippen LogP contribution < -0.4 is 5.32 Å². The van der Waals surface area contributed by atoms with Gasteiger partial charge in [0.15, 0.2) is 0 Å². The van der Waals surface area contributed by atoms with Crippen molar-refractivity contribution in [2.45, 2.75) is 33.1 Å². The molecule has 0 atom stereocenters. The third kappa shape index (κ3) is 4.75. The molecule has 1 amide bonds. The fraction of sp³-hybridized carbons (Fsp3) is 0.185. The second-order valence-electron chi connectivity index (χ2n) is 8.65. The summed E-state index contributed by atoms with van der Waals surface area (Å²) in [7, 11) is 0. The summed E-state index contributed by atoms with van der Waals surface area (Å²) in [6, 6.07) is 25.9. The summed E-state index contributed by atoms with van der Waals surface area (Å²) in [4.78, 5) is 18.6. The maximum absolute atomic E-state index is 12.6. The average molecular weight is 427 g/mol. The van der Waals surface area contributed by atoms with E-state index in [2.05, 4.69) is 45.1 Å². The molecule has 0 radical (unpaired) electrons. The molecule has 1 heterocycles. The summed E-state index contributed by atoms with van der Waals surface area (Å²) in [5.74, 6) is -0.107. The quantitative estimate of drug-likeness (QED) is 0.371. The highest BCUT2D eigenvalue weighted by molar-refractivity contribution is 7.15. The zero-order chi connectivity index (χ0) is 22.0. The summed E-state index contributed by atoms with van der Waals surface area (Å²) in [6.07, 6.45) is 0. The number of anilines is 1. The molecule has 4 rings (SSSR count). The smallest absolute Gasteiger partial charge is 0.255 e. The molecule has 0 unspecified atom stereocenters. The zero-order valence-corrected chi connectivity index (χ0v) is 19.1. The average Bonchev–Trinajstić information content (AvgIpc) is 3.16. The Hall–Kier alpha value is -3.24. The van der Waals surface area contributed by atoms with E-state index in [0.717, 1.165) is 27.5 Å². The highest BCUT2D eigenvalue weighted by Gasteiger charge is 2.15. The molecule has 3 nitrogen and oxygen atoms in total. The van der Waals surface area contributed by atoms with Gasteiger partial charge in [-0.15, -0.1) is 11.3 Å². The lowest BCUT2D eigenvalue weighted by Gasteiger charge is -2.19. The number of benzene rings is 3. The second-order valence-corrected chi connectivity index (χ2v) is 9.85. The van der Waals surface area contributed by atoms with E-state index < -0.39 is 0 Å². The Morgan fingerprint density at radius 3 is 2.10 bits per heavy atom. The number of carbonyl (C=O) groups excluding carboxylic acids is 1. The van der Waals surface area contributed by atoms with E-state index in [1.165, 1.54) is 10.4 Å². The van der Waals surface area contributed by atoms with Crippen molar-refractivity contribution in [3.05, 3.63) is 94.9 Å². The number of nitrogens with zero attached hydrogens (tertiary/aromatic N) is 1. The summed E-state index contributed by atoms with van der Waals surface area (Å²) in [5.41, 5.74) is 5.86. The normalized spacial score (nSPS) is 11.4. The summed E-state index contributed by atoms with van der Waals surface area (Å²) in [6.45, 7) is 8.58. The number of amides is 1. The van der Waals surface area contributed by atoms with Crippen LogP contribution in [0, 0.1) is 6.92 Å². The monoisotopic (exact) mass is 426 g/mol. The first-order valence-corrected chi connectivity index (χ1v) is 11.2. The number of carbonyl (C=O) groups is 1. The zero-order valence-electron chi connectivity index (χ0n) is 18.3. The van der Waals surface area contributed by atoms with E-state index >= 15 is 0 Å². The number of hydrogen-bond acceptors (Lipinski definition) is 3. The lowest BCUT2D eigenvalue weighted by Crippen LogP contribution is -2.14. The molecular weight excluding hydrogens is 400 g/mol. The minimum atomic E-state index is -0.107. The van der Waals surface area contributed by atoms with Crippen LogP contribution in [0.4, 0.5) is 5.69 Å². The summed E-state index contributed by atoms with van der Waals surface area (Å²) < 4.78 is 0. The van der Waals surface area contributed by atoms with E-state index in [0.29, 0.717) is 5.56 Å². The van der Waals surface area contributed by atoms with Crippen LogP contribution in [0.5, 0.6) is 0 Å². The van der Waals surface area contributed by atoms with E-state index in [1.807, 2.05) is 66.7 Å². The van der Waals surface area contributed by atoms with Crippen LogP contribution in [0.25, 0.3) is 21.8 Å². The molecule has 0 fully saturated rings. The van der Waals surface area contributed by atoms with Gasteiger partial charge in [0.05, 0.1) is 5.69 Å². The van der Waals surface area contributed by atoms with Gasteiger partial charge in [0.2, 0.25) is 0 Å². The number of nitrogens with one attached hydrogen (secondary N) is 1. The first-order valence-electron chi connectivity index (χ1n) is 10.4. The third-order valence-electron chi connectivity index (χ3n) is 5.25. The molecule has 3 aromatic carbocycles. The molecule has 4 aromatic rings. The van der Waals surface area contributed by atoms with E-state index in [1.54, 1.807) is 11.3 Å². The Morgan fingerprint density at radius 1 is 0.839 bits per heavy atom. The van der Waals surface area contributed by atoms with Gasteiger partial charge >= 0.3 is 0 Å². The van der Waals surface area contributed by atoms with Crippen LogP contribution in [0.15, 0.2) is 78.9 Å². The number of hydrogen-bond donors (Lipinski definition) is 1. The number of aryl methyl sites for hydroxylation is 1. The van der Waals surface area contributed by atoms with Crippen molar-refractivity contribution in [2.24, 2.45) is 0 Å². The van der Waals surface area contributed by atoms with Crippen molar-refractivity contribution < 1.29 is 4.79 Å². The first-order chi connectivity index (χ1) is 14.8. The van der Waals surface area contributed by atoms with Crippen molar-refractivity contribution in [3.63, 3.8) is 0 Å². The highest BCUT2D eigenvalue weighted by atomic mass is 32.1. The lowest BCUT2D eigenvalue weighted by molar-refractivity contribution is 0.102. The topological polar surface area (TPSA) is 42.0 Å². The minimum absolute atomic E-state index is 0.0685.